The van der Waals surface area contributed by atoms with Crippen molar-refractivity contribution in [2.45, 2.75) is 19.9 Å². The van der Waals surface area contributed by atoms with E-state index in [1.165, 1.54) is 0 Å². The van der Waals surface area contributed by atoms with Crippen molar-refractivity contribution in [3.05, 3.63) is 23.8 Å². The summed E-state index contributed by atoms with van der Waals surface area (Å²) in [6, 6.07) is 5.45. The van der Waals surface area contributed by atoms with Gasteiger partial charge in [0.2, 0.25) is 5.91 Å². The van der Waals surface area contributed by atoms with Crippen LogP contribution in [0.15, 0.2) is 18.2 Å². The van der Waals surface area contributed by atoms with Crippen molar-refractivity contribution in [2.24, 2.45) is 0 Å². The number of aliphatic hydroxyl groups excluding tert-OH is 1. The zero-order chi connectivity index (χ0) is 14.3. The molecule has 0 heterocycles. The van der Waals surface area contributed by atoms with Gasteiger partial charge < -0.3 is 19.5 Å². The number of ether oxygens (including phenoxy) is 2. The molecule has 0 saturated heterocycles. The molecule has 0 atom stereocenters. The van der Waals surface area contributed by atoms with E-state index in [0.717, 1.165) is 5.56 Å². The molecule has 1 N–H and O–H groups in total. The minimum absolute atomic E-state index is 0.000997. The molecule has 1 aromatic rings. The number of amides is 1. The molecule has 1 rings (SSSR count). The van der Waals surface area contributed by atoms with Crippen LogP contribution in [0.3, 0.4) is 0 Å². The van der Waals surface area contributed by atoms with Crippen LogP contribution < -0.4 is 9.47 Å². The van der Waals surface area contributed by atoms with Crippen molar-refractivity contribution in [3.8, 4) is 11.5 Å². The van der Waals surface area contributed by atoms with Crippen LogP contribution in [0.2, 0.25) is 0 Å². The number of carbonyl (C=O) groups excluding carboxylic acids is 1. The lowest BCUT2D eigenvalue weighted by Gasteiger charge is -2.22. The van der Waals surface area contributed by atoms with Crippen molar-refractivity contribution in [1.29, 1.82) is 0 Å². The van der Waals surface area contributed by atoms with E-state index in [4.69, 9.17) is 14.6 Å². The van der Waals surface area contributed by atoms with Gasteiger partial charge in [-0.3, -0.25) is 4.79 Å². The van der Waals surface area contributed by atoms with Crippen molar-refractivity contribution in [3.63, 3.8) is 0 Å². The number of hydrogen-bond acceptors (Lipinski definition) is 4. The summed E-state index contributed by atoms with van der Waals surface area (Å²) < 4.78 is 10.5. The highest BCUT2D eigenvalue weighted by Gasteiger charge is 2.14. The molecular weight excluding hydrogens is 246 g/mol. The molecule has 1 amide bonds. The van der Waals surface area contributed by atoms with Gasteiger partial charge in [-0.15, -0.1) is 0 Å². The first-order valence-corrected chi connectivity index (χ1v) is 6.25. The van der Waals surface area contributed by atoms with Crippen molar-refractivity contribution >= 4 is 5.91 Å². The standard InChI is InChI=1S/C14H21NO4/c1-4-14(17)15(7-8-16)10-11-9-12(18-2)5-6-13(11)19-3/h5-6,9,16H,4,7-8,10H2,1-3H3. The summed E-state index contributed by atoms with van der Waals surface area (Å²) in [6.45, 7) is 2.45. The van der Waals surface area contributed by atoms with Gasteiger partial charge in [0.15, 0.2) is 0 Å². The topological polar surface area (TPSA) is 59.0 Å². The third-order valence-corrected chi connectivity index (χ3v) is 2.87. The Morgan fingerprint density at radius 1 is 1.32 bits per heavy atom. The van der Waals surface area contributed by atoms with E-state index in [9.17, 15) is 4.79 Å². The monoisotopic (exact) mass is 267 g/mol. The fourth-order valence-corrected chi connectivity index (χ4v) is 1.85. The van der Waals surface area contributed by atoms with E-state index >= 15 is 0 Å². The summed E-state index contributed by atoms with van der Waals surface area (Å²) >= 11 is 0. The van der Waals surface area contributed by atoms with Crippen LogP contribution in [0.1, 0.15) is 18.9 Å². The van der Waals surface area contributed by atoms with Gasteiger partial charge in [0, 0.05) is 25.1 Å². The molecule has 5 nitrogen and oxygen atoms in total. The number of hydrogen-bond donors (Lipinski definition) is 1. The maximum absolute atomic E-state index is 11.8. The van der Waals surface area contributed by atoms with Gasteiger partial charge in [-0.25, -0.2) is 0 Å². The van der Waals surface area contributed by atoms with Crippen molar-refractivity contribution in [2.75, 3.05) is 27.4 Å². The summed E-state index contributed by atoms with van der Waals surface area (Å²) in [4.78, 5) is 13.4. The fraction of sp³-hybridized carbons (Fsp3) is 0.500. The molecule has 0 saturated carbocycles. The highest BCUT2D eigenvalue weighted by Crippen LogP contribution is 2.25. The van der Waals surface area contributed by atoms with Crippen LogP contribution >= 0.6 is 0 Å². The summed E-state index contributed by atoms with van der Waals surface area (Å²) in [5.41, 5.74) is 0.858. The molecule has 106 valence electrons. The van der Waals surface area contributed by atoms with Crippen LogP contribution in [0.4, 0.5) is 0 Å². The summed E-state index contributed by atoms with van der Waals surface area (Å²) in [5, 5.41) is 9.04. The zero-order valence-electron chi connectivity index (χ0n) is 11.7. The first-order chi connectivity index (χ1) is 9.15. The maximum atomic E-state index is 11.8. The quantitative estimate of drug-likeness (QED) is 0.812. The van der Waals surface area contributed by atoms with Crippen LogP contribution in [0.5, 0.6) is 11.5 Å². The minimum atomic E-state index is -0.0575. The Morgan fingerprint density at radius 3 is 2.58 bits per heavy atom. The highest BCUT2D eigenvalue weighted by atomic mass is 16.5. The van der Waals surface area contributed by atoms with Crippen molar-refractivity contribution < 1.29 is 19.4 Å². The number of methoxy groups -OCH3 is 2. The molecule has 0 aliphatic carbocycles. The zero-order valence-corrected chi connectivity index (χ0v) is 11.7. The summed E-state index contributed by atoms with van der Waals surface area (Å²) in [7, 11) is 3.18. The predicted octanol–water partition coefficient (Wildman–Crippen LogP) is 1.43. The van der Waals surface area contributed by atoms with Gasteiger partial charge in [-0.05, 0) is 18.2 Å². The first-order valence-electron chi connectivity index (χ1n) is 6.25. The van der Waals surface area contributed by atoms with E-state index in [-0.39, 0.29) is 12.5 Å². The Kier molecular flexibility index (Phi) is 6.15. The predicted molar refractivity (Wildman–Crippen MR) is 72.3 cm³/mol. The van der Waals surface area contributed by atoms with E-state index in [0.29, 0.717) is 31.0 Å². The lowest BCUT2D eigenvalue weighted by molar-refractivity contribution is -0.132. The molecule has 5 heteroatoms. The molecule has 0 aliphatic heterocycles. The summed E-state index contributed by atoms with van der Waals surface area (Å²) in [6.07, 6.45) is 0.409. The highest BCUT2D eigenvalue weighted by molar-refractivity contribution is 5.75. The molecule has 19 heavy (non-hydrogen) atoms. The second kappa shape index (κ2) is 7.63. The van der Waals surface area contributed by atoms with Crippen LogP contribution in [0.25, 0.3) is 0 Å². The van der Waals surface area contributed by atoms with E-state index in [1.54, 1.807) is 32.1 Å². The van der Waals surface area contributed by atoms with Crippen molar-refractivity contribution in [1.82, 2.24) is 4.90 Å². The number of rotatable bonds is 7. The molecule has 0 unspecified atom stereocenters. The Hall–Kier alpha value is -1.75. The number of aliphatic hydroxyl groups is 1. The normalized spacial score (nSPS) is 10.1. The largest absolute Gasteiger partial charge is 0.497 e. The molecule has 0 fully saturated rings. The lowest BCUT2D eigenvalue weighted by Crippen LogP contribution is -2.32. The smallest absolute Gasteiger partial charge is 0.222 e. The Bertz CT molecular complexity index is 420. The molecule has 1 aromatic carbocycles. The van der Waals surface area contributed by atoms with Crippen LogP contribution in [0, 0.1) is 0 Å². The second-order valence-corrected chi connectivity index (χ2v) is 4.07. The average Bonchev–Trinajstić information content (AvgIpc) is 2.45. The number of benzene rings is 1. The average molecular weight is 267 g/mol. The van der Waals surface area contributed by atoms with Gasteiger partial charge in [-0.1, -0.05) is 6.92 Å². The third kappa shape index (κ3) is 4.13. The molecule has 0 radical (unpaired) electrons. The SMILES string of the molecule is CCC(=O)N(CCO)Cc1cc(OC)ccc1OC. The number of carbonyl (C=O) groups is 1. The lowest BCUT2D eigenvalue weighted by atomic mass is 10.1. The second-order valence-electron chi connectivity index (χ2n) is 4.07. The Morgan fingerprint density at radius 2 is 2.05 bits per heavy atom. The summed E-state index contributed by atoms with van der Waals surface area (Å²) in [5.74, 6) is 1.41. The van der Waals surface area contributed by atoms with Gasteiger partial charge in [0.1, 0.15) is 11.5 Å². The molecule has 0 aliphatic rings. The first kappa shape index (κ1) is 15.3. The molecule has 0 bridgehead atoms. The van der Waals surface area contributed by atoms with Crippen LogP contribution in [-0.4, -0.2) is 43.3 Å². The van der Waals surface area contributed by atoms with Crippen LogP contribution in [-0.2, 0) is 11.3 Å². The van der Waals surface area contributed by atoms with E-state index < -0.39 is 0 Å². The minimum Gasteiger partial charge on any atom is -0.497 e. The Balaban J connectivity index is 2.96. The van der Waals surface area contributed by atoms with Gasteiger partial charge in [0.05, 0.1) is 20.8 Å². The molecule has 0 aromatic heterocycles. The number of nitrogens with zero attached hydrogens (tertiary/aromatic N) is 1. The molecule has 0 spiro atoms. The van der Waals surface area contributed by atoms with E-state index in [2.05, 4.69) is 0 Å². The van der Waals surface area contributed by atoms with Gasteiger partial charge in [-0.2, -0.15) is 0 Å². The van der Waals surface area contributed by atoms with Gasteiger partial charge in [0.25, 0.3) is 0 Å². The van der Waals surface area contributed by atoms with E-state index in [1.807, 2.05) is 12.1 Å². The molecular formula is C14H21NO4. The third-order valence-electron chi connectivity index (χ3n) is 2.87. The maximum Gasteiger partial charge on any atom is 0.222 e. The van der Waals surface area contributed by atoms with Gasteiger partial charge >= 0.3 is 0 Å². The Labute approximate surface area is 113 Å². The fourth-order valence-electron chi connectivity index (χ4n) is 1.85.